The van der Waals surface area contributed by atoms with E-state index in [9.17, 15) is 13.6 Å². The second-order valence-electron chi connectivity index (χ2n) is 6.50. The van der Waals surface area contributed by atoms with Crippen LogP contribution < -0.4 is 4.74 Å². The second kappa shape index (κ2) is 6.37. The van der Waals surface area contributed by atoms with Gasteiger partial charge in [0.2, 0.25) is 5.91 Å². The maximum Gasteiger partial charge on any atom is 0.288 e. The predicted octanol–water partition coefficient (Wildman–Crippen LogP) is 3.29. The van der Waals surface area contributed by atoms with E-state index >= 15 is 0 Å². The van der Waals surface area contributed by atoms with Crippen molar-refractivity contribution in [1.29, 1.82) is 0 Å². The molecule has 2 aliphatic rings. The molecule has 0 atom stereocenters. The highest BCUT2D eigenvalue weighted by atomic mass is 32.2. The fourth-order valence-corrected chi connectivity index (χ4v) is 3.55. The second-order valence-corrected chi connectivity index (χ2v) is 7.57. The minimum Gasteiger partial charge on any atom is -0.481 e. The van der Waals surface area contributed by atoms with E-state index in [-0.39, 0.29) is 5.91 Å². The highest BCUT2D eigenvalue weighted by molar-refractivity contribution is 7.99. The van der Waals surface area contributed by atoms with Crippen molar-refractivity contribution in [3.63, 3.8) is 0 Å². The largest absolute Gasteiger partial charge is 0.481 e. The van der Waals surface area contributed by atoms with Crippen LogP contribution in [0.3, 0.4) is 0 Å². The van der Waals surface area contributed by atoms with Crippen molar-refractivity contribution in [1.82, 2.24) is 9.80 Å². The Labute approximate surface area is 144 Å². The number of ether oxygens (including phenoxy) is 1. The van der Waals surface area contributed by atoms with Gasteiger partial charge in [-0.15, -0.1) is 0 Å². The molecule has 4 nitrogen and oxygen atoms in total. The van der Waals surface area contributed by atoms with Crippen molar-refractivity contribution in [2.24, 2.45) is 0 Å². The third-order valence-electron chi connectivity index (χ3n) is 4.18. The number of likely N-dealkylation sites (N-methyl/N-ethyl adjacent to an activating group) is 1. The molecule has 1 aromatic rings. The highest BCUT2D eigenvalue weighted by Crippen LogP contribution is 2.39. The molecule has 0 aliphatic carbocycles. The van der Waals surface area contributed by atoms with Crippen molar-refractivity contribution in [2.45, 2.75) is 30.1 Å². The van der Waals surface area contributed by atoms with Crippen molar-refractivity contribution in [2.75, 3.05) is 26.7 Å². The number of nitrogens with zero attached hydrogens (tertiary/aromatic N) is 2. The number of piperazine rings is 1. The minimum atomic E-state index is -2.47. The zero-order valence-corrected chi connectivity index (χ0v) is 14.7. The molecule has 0 spiro atoms. The number of hydrogen-bond acceptors (Lipinski definition) is 4. The number of rotatable bonds is 3. The van der Waals surface area contributed by atoms with E-state index in [0.717, 1.165) is 17.8 Å². The van der Waals surface area contributed by atoms with Gasteiger partial charge in [-0.2, -0.15) is 8.78 Å². The Balaban J connectivity index is 1.96. The number of alkyl halides is 2. The first-order valence-corrected chi connectivity index (χ1v) is 8.63. The number of hydrogen-bond donors (Lipinski definition) is 0. The number of amides is 1. The van der Waals surface area contributed by atoms with Crippen molar-refractivity contribution in [3.05, 3.63) is 29.5 Å². The molecule has 1 fully saturated rings. The van der Waals surface area contributed by atoms with Gasteiger partial charge in [0.05, 0.1) is 12.2 Å². The average Bonchev–Trinajstić information content (AvgIpc) is 2.46. The van der Waals surface area contributed by atoms with Gasteiger partial charge in [0, 0.05) is 23.5 Å². The van der Waals surface area contributed by atoms with E-state index in [1.165, 1.54) is 0 Å². The predicted molar refractivity (Wildman–Crippen MR) is 90.2 cm³/mol. The first-order chi connectivity index (χ1) is 11.3. The molecule has 24 heavy (non-hydrogen) atoms. The number of fused-ring (bicyclic) bond motifs is 1. The third kappa shape index (κ3) is 3.42. The van der Waals surface area contributed by atoms with Crippen LogP contribution in [-0.4, -0.2) is 53.7 Å². The molecule has 0 N–H and O–H groups in total. The van der Waals surface area contributed by atoms with Crippen molar-refractivity contribution in [3.8, 4) is 5.75 Å². The Kier molecular flexibility index (Phi) is 4.57. The maximum atomic E-state index is 12.6. The molecule has 0 radical (unpaired) electrons. The number of halogens is 2. The lowest BCUT2D eigenvalue weighted by atomic mass is 9.96. The number of carbonyl (C=O) groups is 1. The van der Waals surface area contributed by atoms with Crippen LogP contribution in [0.15, 0.2) is 28.8 Å². The average molecular weight is 354 g/mol. The summed E-state index contributed by atoms with van der Waals surface area (Å²) in [4.78, 5) is 16.6. The molecule has 0 bridgehead atoms. The van der Waals surface area contributed by atoms with Crippen LogP contribution in [-0.2, 0) is 4.79 Å². The van der Waals surface area contributed by atoms with E-state index in [2.05, 4.69) is 0 Å². The van der Waals surface area contributed by atoms with Crippen molar-refractivity contribution >= 4 is 23.7 Å². The standard InChI is InChI=1S/C17H20F2N2O2S/c1-17(2)14(21-7-6-20(3)10-15(21)22)9-11-8-12(24-16(18)19)4-5-13(11)23-17/h4-5,8-9,16H,6-7,10H2,1-3H3. The molecule has 2 aliphatic heterocycles. The molecule has 130 valence electrons. The van der Waals surface area contributed by atoms with Crippen LogP contribution in [0, 0.1) is 0 Å². The zero-order chi connectivity index (χ0) is 17.5. The lowest BCUT2D eigenvalue weighted by Gasteiger charge is -2.42. The summed E-state index contributed by atoms with van der Waals surface area (Å²) in [5.41, 5.74) is 0.838. The quantitative estimate of drug-likeness (QED) is 0.780. The summed E-state index contributed by atoms with van der Waals surface area (Å²) in [5, 5.41) is 0. The Morgan fingerprint density at radius 3 is 2.71 bits per heavy atom. The van der Waals surface area contributed by atoms with Crippen LogP contribution in [0.2, 0.25) is 0 Å². The fourth-order valence-electron chi connectivity index (χ4n) is 3.01. The summed E-state index contributed by atoms with van der Waals surface area (Å²) in [5.74, 6) is -1.80. The lowest BCUT2D eigenvalue weighted by molar-refractivity contribution is -0.134. The molecule has 7 heteroatoms. The smallest absolute Gasteiger partial charge is 0.288 e. The van der Waals surface area contributed by atoms with Gasteiger partial charge >= 0.3 is 0 Å². The monoisotopic (exact) mass is 354 g/mol. The Bertz CT molecular complexity index is 691. The third-order valence-corrected chi connectivity index (χ3v) is 4.89. The topological polar surface area (TPSA) is 32.8 Å². The van der Waals surface area contributed by atoms with Gasteiger partial charge in [0.1, 0.15) is 11.4 Å². The van der Waals surface area contributed by atoms with Gasteiger partial charge in [-0.25, -0.2) is 0 Å². The van der Waals surface area contributed by atoms with Gasteiger partial charge in [0.25, 0.3) is 5.76 Å². The van der Waals surface area contributed by atoms with Gasteiger partial charge in [-0.1, -0.05) is 11.8 Å². The van der Waals surface area contributed by atoms with E-state index < -0.39 is 11.4 Å². The van der Waals surface area contributed by atoms with Gasteiger partial charge < -0.3 is 9.64 Å². The summed E-state index contributed by atoms with van der Waals surface area (Å²) in [7, 11) is 1.91. The van der Waals surface area contributed by atoms with Crippen LogP contribution in [0.4, 0.5) is 8.78 Å². The lowest BCUT2D eigenvalue weighted by Crippen LogP contribution is -2.53. The zero-order valence-electron chi connectivity index (χ0n) is 13.9. The Hall–Kier alpha value is -1.60. The van der Waals surface area contributed by atoms with Crippen LogP contribution in [0.25, 0.3) is 6.08 Å². The molecule has 1 aromatic carbocycles. The molecule has 1 saturated heterocycles. The Morgan fingerprint density at radius 1 is 1.29 bits per heavy atom. The van der Waals surface area contributed by atoms with E-state index in [1.54, 1.807) is 23.1 Å². The van der Waals surface area contributed by atoms with E-state index in [4.69, 9.17) is 4.74 Å². The van der Waals surface area contributed by atoms with Crippen molar-refractivity contribution < 1.29 is 18.3 Å². The molecule has 0 saturated carbocycles. The minimum absolute atomic E-state index is 0.0215. The molecule has 3 rings (SSSR count). The normalized spacial score (nSPS) is 20.7. The summed E-state index contributed by atoms with van der Waals surface area (Å²) >= 11 is 0.503. The van der Waals surface area contributed by atoms with Gasteiger partial charge in [-0.3, -0.25) is 9.69 Å². The molecule has 0 unspecified atom stereocenters. The van der Waals surface area contributed by atoms with E-state index in [0.29, 0.717) is 35.5 Å². The number of benzene rings is 1. The maximum absolute atomic E-state index is 12.6. The van der Waals surface area contributed by atoms with Gasteiger partial charge in [-0.05, 0) is 45.2 Å². The molecular formula is C17H20F2N2O2S. The summed E-state index contributed by atoms with van der Waals surface area (Å²) in [6.45, 7) is 5.56. The first kappa shape index (κ1) is 17.2. The first-order valence-electron chi connectivity index (χ1n) is 7.75. The van der Waals surface area contributed by atoms with E-state index in [1.807, 2.05) is 31.9 Å². The highest BCUT2D eigenvalue weighted by Gasteiger charge is 2.37. The Morgan fingerprint density at radius 2 is 2.04 bits per heavy atom. The molecule has 1 amide bonds. The fraction of sp³-hybridized carbons (Fsp3) is 0.471. The van der Waals surface area contributed by atoms with Gasteiger partial charge in [0.15, 0.2) is 0 Å². The summed E-state index contributed by atoms with van der Waals surface area (Å²) in [6, 6.07) is 5.02. The number of thioether (sulfide) groups is 1. The number of carbonyl (C=O) groups excluding carboxylic acids is 1. The van der Waals surface area contributed by atoms with Crippen LogP contribution in [0.1, 0.15) is 19.4 Å². The van der Waals surface area contributed by atoms with Crippen LogP contribution in [0.5, 0.6) is 5.75 Å². The summed E-state index contributed by atoms with van der Waals surface area (Å²) < 4.78 is 31.2. The summed E-state index contributed by atoms with van der Waals surface area (Å²) in [6.07, 6.45) is 1.89. The molecule has 2 heterocycles. The van der Waals surface area contributed by atoms with Crippen LogP contribution >= 0.6 is 11.8 Å². The molecular weight excluding hydrogens is 334 g/mol. The molecule has 0 aromatic heterocycles. The SMILES string of the molecule is CN1CCN(C2=Cc3cc(SC(F)F)ccc3OC2(C)C)C(=O)C1.